The first-order chi connectivity index (χ1) is 12.1. The number of hydrogen-bond acceptors (Lipinski definition) is 8. The second-order valence-corrected chi connectivity index (χ2v) is 5.81. The second kappa shape index (κ2) is 7.22. The van der Waals surface area contributed by atoms with Crippen LogP contribution in [0.3, 0.4) is 0 Å². The first-order valence-electron chi connectivity index (χ1n) is 7.41. The minimum atomic E-state index is -0.637. The van der Waals surface area contributed by atoms with E-state index in [2.05, 4.69) is 20.3 Å². The highest BCUT2D eigenvalue weighted by atomic mass is 32.1. The molecule has 0 atom stereocenters. The van der Waals surface area contributed by atoms with Gasteiger partial charge < -0.3 is 15.2 Å². The SMILES string of the molecule is CCOC(=O)CNC(=O)c1c(O)c(-c2cncs2)cc2nccnc12. The number of nitrogens with one attached hydrogen (secondary N) is 1. The fourth-order valence-corrected chi connectivity index (χ4v) is 2.94. The monoisotopic (exact) mass is 358 g/mol. The number of carbonyl (C=O) groups is 2. The zero-order valence-electron chi connectivity index (χ0n) is 13.2. The minimum absolute atomic E-state index is 0.0432. The lowest BCUT2D eigenvalue weighted by Crippen LogP contribution is -2.31. The van der Waals surface area contributed by atoms with Crippen molar-refractivity contribution in [3.05, 3.63) is 35.7 Å². The van der Waals surface area contributed by atoms with Gasteiger partial charge in [-0.1, -0.05) is 0 Å². The van der Waals surface area contributed by atoms with Crippen molar-refractivity contribution in [1.82, 2.24) is 20.3 Å². The van der Waals surface area contributed by atoms with E-state index in [9.17, 15) is 14.7 Å². The predicted octanol–water partition coefficient (Wildman–Crippen LogP) is 1.75. The van der Waals surface area contributed by atoms with Gasteiger partial charge in [-0.3, -0.25) is 24.5 Å². The minimum Gasteiger partial charge on any atom is -0.506 e. The third-order valence-corrected chi connectivity index (χ3v) is 4.17. The van der Waals surface area contributed by atoms with E-state index < -0.39 is 11.9 Å². The molecule has 3 aromatic rings. The van der Waals surface area contributed by atoms with Gasteiger partial charge in [0.1, 0.15) is 23.4 Å². The van der Waals surface area contributed by atoms with Crippen LogP contribution in [0.15, 0.2) is 30.2 Å². The van der Waals surface area contributed by atoms with Gasteiger partial charge in [-0.2, -0.15) is 0 Å². The maximum atomic E-state index is 12.6. The Labute approximate surface area is 146 Å². The molecule has 0 aliphatic carbocycles. The summed E-state index contributed by atoms with van der Waals surface area (Å²) in [5.74, 6) is -1.44. The van der Waals surface area contributed by atoms with Crippen LogP contribution in [-0.4, -0.2) is 45.1 Å². The molecule has 0 unspecified atom stereocenters. The van der Waals surface area contributed by atoms with Gasteiger partial charge in [-0.05, 0) is 13.0 Å². The number of hydrogen-bond donors (Lipinski definition) is 2. The zero-order chi connectivity index (χ0) is 17.8. The van der Waals surface area contributed by atoms with E-state index >= 15 is 0 Å². The largest absolute Gasteiger partial charge is 0.506 e. The van der Waals surface area contributed by atoms with E-state index in [-0.39, 0.29) is 30.0 Å². The van der Waals surface area contributed by atoms with Gasteiger partial charge in [0, 0.05) is 24.2 Å². The van der Waals surface area contributed by atoms with Crippen LogP contribution < -0.4 is 5.32 Å². The van der Waals surface area contributed by atoms with E-state index in [1.165, 1.54) is 23.7 Å². The number of fused-ring (bicyclic) bond motifs is 1. The van der Waals surface area contributed by atoms with Crippen molar-refractivity contribution in [2.24, 2.45) is 0 Å². The first kappa shape index (κ1) is 16.8. The lowest BCUT2D eigenvalue weighted by molar-refractivity contribution is -0.141. The molecule has 2 aromatic heterocycles. The number of aromatic nitrogens is 3. The molecule has 1 aromatic carbocycles. The van der Waals surface area contributed by atoms with Gasteiger partial charge in [0.05, 0.1) is 22.5 Å². The zero-order valence-corrected chi connectivity index (χ0v) is 14.0. The molecule has 8 nitrogen and oxygen atoms in total. The van der Waals surface area contributed by atoms with E-state index in [1.54, 1.807) is 24.7 Å². The summed E-state index contributed by atoms with van der Waals surface area (Å²) < 4.78 is 4.78. The van der Waals surface area contributed by atoms with Crippen molar-refractivity contribution < 1.29 is 19.4 Å². The number of thiazole rings is 1. The van der Waals surface area contributed by atoms with E-state index in [0.717, 1.165) is 0 Å². The van der Waals surface area contributed by atoms with E-state index in [0.29, 0.717) is 16.0 Å². The number of rotatable bonds is 5. The van der Waals surface area contributed by atoms with Crippen LogP contribution in [-0.2, 0) is 9.53 Å². The summed E-state index contributed by atoms with van der Waals surface area (Å²) in [7, 11) is 0. The summed E-state index contributed by atoms with van der Waals surface area (Å²) in [4.78, 5) is 37.0. The Balaban J connectivity index is 2.05. The lowest BCUT2D eigenvalue weighted by Gasteiger charge is -2.12. The van der Waals surface area contributed by atoms with Crippen LogP contribution >= 0.6 is 11.3 Å². The lowest BCUT2D eigenvalue weighted by atomic mass is 10.0. The smallest absolute Gasteiger partial charge is 0.325 e. The van der Waals surface area contributed by atoms with Crippen LogP contribution in [0.25, 0.3) is 21.5 Å². The Morgan fingerprint density at radius 3 is 2.84 bits per heavy atom. The first-order valence-corrected chi connectivity index (χ1v) is 8.29. The van der Waals surface area contributed by atoms with Gasteiger partial charge in [0.2, 0.25) is 0 Å². The third kappa shape index (κ3) is 3.41. The van der Waals surface area contributed by atoms with Gasteiger partial charge >= 0.3 is 5.97 Å². The maximum absolute atomic E-state index is 12.6. The highest BCUT2D eigenvalue weighted by Crippen LogP contribution is 2.37. The van der Waals surface area contributed by atoms with E-state index in [1.807, 2.05) is 0 Å². The van der Waals surface area contributed by atoms with Gasteiger partial charge in [-0.25, -0.2) is 0 Å². The molecule has 0 aliphatic heterocycles. The van der Waals surface area contributed by atoms with Crippen LogP contribution in [0.2, 0.25) is 0 Å². The summed E-state index contributed by atoms with van der Waals surface area (Å²) in [6, 6.07) is 1.65. The Kier molecular flexibility index (Phi) is 4.85. The average Bonchev–Trinajstić information content (AvgIpc) is 3.14. The Morgan fingerprint density at radius 1 is 1.32 bits per heavy atom. The standard InChI is InChI=1S/C16H14N4O4S/c1-2-24-12(21)7-20-16(23)13-14-10(18-3-4-19-14)5-9(15(13)22)11-6-17-8-25-11/h3-6,8,22H,2,7H2,1H3,(H,20,23). The van der Waals surface area contributed by atoms with E-state index in [4.69, 9.17) is 4.74 Å². The number of nitrogens with zero attached hydrogens (tertiary/aromatic N) is 3. The molecule has 3 rings (SSSR count). The maximum Gasteiger partial charge on any atom is 0.325 e. The van der Waals surface area contributed by atoms with Gasteiger partial charge in [-0.15, -0.1) is 11.3 Å². The molecule has 128 valence electrons. The Morgan fingerprint density at radius 2 is 2.12 bits per heavy atom. The highest BCUT2D eigenvalue weighted by Gasteiger charge is 2.22. The Hall–Kier alpha value is -3.07. The molecule has 0 saturated carbocycles. The average molecular weight is 358 g/mol. The number of carbonyl (C=O) groups excluding carboxylic acids is 2. The number of phenolic OH excluding ortho intramolecular Hbond substituents is 1. The number of aromatic hydroxyl groups is 1. The molecule has 2 heterocycles. The van der Waals surface area contributed by atoms with Crippen molar-refractivity contribution in [2.75, 3.05) is 13.2 Å². The molecule has 0 radical (unpaired) electrons. The van der Waals surface area contributed by atoms with Crippen molar-refractivity contribution in [3.8, 4) is 16.2 Å². The fourth-order valence-electron chi connectivity index (χ4n) is 2.30. The second-order valence-electron chi connectivity index (χ2n) is 4.93. The number of phenols is 1. The van der Waals surface area contributed by atoms with Crippen LogP contribution in [0.5, 0.6) is 5.75 Å². The normalized spacial score (nSPS) is 10.6. The van der Waals surface area contributed by atoms with Crippen LogP contribution in [0.4, 0.5) is 0 Å². The van der Waals surface area contributed by atoms with Crippen molar-refractivity contribution in [1.29, 1.82) is 0 Å². The van der Waals surface area contributed by atoms with Gasteiger partial charge in [0.25, 0.3) is 5.91 Å². The summed E-state index contributed by atoms with van der Waals surface area (Å²) in [5, 5.41) is 13.1. The summed E-state index contributed by atoms with van der Waals surface area (Å²) in [6.45, 7) is 1.58. The summed E-state index contributed by atoms with van der Waals surface area (Å²) in [6.07, 6.45) is 4.51. The summed E-state index contributed by atoms with van der Waals surface area (Å²) >= 11 is 1.32. The van der Waals surface area contributed by atoms with Crippen molar-refractivity contribution in [3.63, 3.8) is 0 Å². The molecular weight excluding hydrogens is 344 g/mol. The molecule has 0 spiro atoms. The van der Waals surface area contributed by atoms with Crippen molar-refractivity contribution >= 4 is 34.2 Å². The number of ether oxygens (including phenoxy) is 1. The molecule has 9 heteroatoms. The molecular formula is C16H14N4O4S. The Bertz CT molecular complexity index is 927. The quantitative estimate of drug-likeness (QED) is 0.668. The number of esters is 1. The van der Waals surface area contributed by atoms with Crippen molar-refractivity contribution in [2.45, 2.75) is 6.92 Å². The van der Waals surface area contributed by atoms with Crippen LogP contribution in [0.1, 0.15) is 17.3 Å². The molecule has 2 N–H and O–H groups in total. The molecule has 0 fully saturated rings. The number of amides is 1. The predicted molar refractivity (Wildman–Crippen MR) is 91.3 cm³/mol. The molecule has 0 aliphatic rings. The molecule has 0 bridgehead atoms. The third-order valence-electron chi connectivity index (χ3n) is 3.36. The highest BCUT2D eigenvalue weighted by molar-refractivity contribution is 7.13. The molecule has 0 saturated heterocycles. The fraction of sp³-hybridized carbons (Fsp3) is 0.188. The van der Waals surface area contributed by atoms with Crippen LogP contribution in [0, 0.1) is 0 Å². The molecule has 1 amide bonds. The topological polar surface area (TPSA) is 114 Å². The molecule has 25 heavy (non-hydrogen) atoms. The number of benzene rings is 1. The summed E-state index contributed by atoms with van der Waals surface area (Å²) in [5.41, 5.74) is 2.70. The van der Waals surface area contributed by atoms with Gasteiger partial charge in [0.15, 0.2) is 0 Å².